The number of carbonyl (C=O) groups excluding carboxylic acids is 1. The molecule has 0 amide bonds. The zero-order valence-electron chi connectivity index (χ0n) is 18.7. The number of benzene rings is 2. The minimum Gasteiger partial charge on any atom is -0.296 e. The van der Waals surface area contributed by atoms with Crippen molar-refractivity contribution in [1.82, 2.24) is 9.80 Å². The normalized spacial score (nSPS) is 21.3. The molecule has 172 valence electrons. The lowest BCUT2D eigenvalue weighted by Crippen LogP contribution is -2.56. The number of piperidine rings is 2. The van der Waals surface area contributed by atoms with Crippen LogP contribution in [0.3, 0.4) is 0 Å². The van der Waals surface area contributed by atoms with Gasteiger partial charge in [-0.15, -0.1) is 0 Å². The van der Waals surface area contributed by atoms with E-state index in [-0.39, 0.29) is 5.78 Å². The molecule has 0 saturated carbocycles. The van der Waals surface area contributed by atoms with Crippen LogP contribution in [0.2, 0.25) is 0 Å². The fraction of sp³-hybridized carbons (Fsp3) is 0.519. The summed E-state index contributed by atoms with van der Waals surface area (Å²) < 4.78 is 28.1. The van der Waals surface area contributed by atoms with Crippen LogP contribution in [0.25, 0.3) is 0 Å². The zero-order chi connectivity index (χ0) is 22.3. The van der Waals surface area contributed by atoms with E-state index in [1.165, 1.54) is 11.1 Å². The number of alkyl halides is 2. The molecular weight excluding hydrogens is 406 g/mol. The maximum Gasteiger partial charge on any atom is 0.172 e. The van der Waals surface area contributed by atoms with Gasteiger partial charge in [0.1, 0.15) is 13.3 Å². The molecule has 2 aliphatic heterocycles. The summed E-state index contributed by atoms with van der Waals surface area (Å²) in [6.45, 7) is 1.21. The second-order valence-corrected chi connectivity index (χ2v) is 9.18. The Labute approximate surface area is 190 Å². The maximum atomic E-state index is 14.1. The number of likely N-dealkylation sites (tertiary alicyclic amines) is 2. The molecule has 0 radical (unpaired) electrons. The molecular formula is C27H34F2N2O. The molecule has 5 heteroatoms. The largest absolute Gasteiger partial charge is 0.296 e. The fourth-order valence-electron chi connectivity index (χ4n) is 5.47. The topological polar surface area (TPSA) is 23.6 Å². The molecule has 2 saturated heterocycles. The number of hydrogen-bond acceptors (Lipinski definition) is 3. The molecule has 3 nitrogen and oxygen atoms in total. The number of nitrogens with zero attached hydrogens (tertiary/aromatic N) is 2. The van der Waals surface area contributed by atoms with Gasteiger partial charge in [0.15, 0.2) is 5.78 Å². The first-order valence-corrected chi connectivity index (χ1v) is 11.9. The third-order valence-electron chi connectivity index (χ3n) is 7.43. The van der Waals surface area contributed by atoms with E-state index in [0.717, 1.165) is 25.7 Å². The molecule has 2 heterocycles. The molecule has 2 aromatic carbocycles. The lowest BCUT2D eigenvalue weighted by molar-refractivity contribution is -0.132. The Morgan fingerprint density at radius 3 is 1.34 bits per heavy atom. The average molecular weight is 441 g/mol. The molecule has 2 atom stereocenters. The number of ketones is 1. The minimum absolute atomic E-state index is 0.286. The second kappa shape index (κ2) is 11.2. The van der Waals surface area contributed by atoms with Gasteiger partial charge in [0.2, 0.25) is 0 Å². The molecule has 0 bridgehead atoms. The number of hydrogen-bond donors (Lipinski definition) is 0. The van der Waals surface area contributed by atoms with Crippen LogP contribution in [0, 0.1) is 0 Å². The third kappa shape index (κ3) is 5.26. The highest BCUT2D eigenvalue weighted by molar-refractivity contribution is 5.89. The van der Waals surface area contributed by atoms with Gasteiger partial charge in [-0.3, -0.25) is 14.6 Å². The van der Waals surface area contributed by atoms with Gasteiger partial charge in [0.25, 0.3) is 0 Å². The van der Waals surface area contributed by atoms with Crippen molar-refractivity contribution < 1.29 is 13.6 Å². The van der Waals surface area contributed by atoms with Crippen LogP contribution >= 0.6 is 0 Å². The van der Waals surface area contributed by atoms with Crippen LogP contribution in [0.15, 0.2) is 60.7 Å². The van der Waals surface area contributed by atoms with Crippen molar-refractivity contribution in [3.63, 3.8) is 0 Å². The summed E-state index contributed by atoms with van der Waals surface area (Å²) >= 11 is 0. The van der Waals surface area contributed by atoms with Crippen molar-refractivity contribution in [3.8, 4) is 0 Å². The van der Waals surface area contributed by atoms with E-state index in [1.54, 1.807) is 0 Å². The molecule has 0 spiro atoms. The lowest BCUT2D eigenvalue weighted by atomic mass is 9.87. The Hall–Kier alpha value is -2.11. The Balaban J connectivity index is 1.34. The number of rotatable bonds is 8. The third-order valence-corrected chi connectivity index (χ3v) is 7.43. The average Bonchev–Trinajstić information content (AvgIpc) is 2.87. The van der Waals surface area contributed by atoms with Crippen LogP contribution in [0.5, 0.6) is 0 Å². The van der Waals surface area contributed by atoms with Crippen LogP contribution < -0.4 is 0 Å². The van der Waals surface area contributed by atoms with Crippen molar-refractivity contribution >= 4 is 5.78 Å². The summed E-state index contributed by atoms with van der Waals surface area (Å²) in [4.78, 5) is 17.1. The van der Waals surface area contributed by atoms with E-state index < -0.39 is 25.4 Å². The maximum absolute atomic E-state index is 14.1. The molecule has 32 heavy (non-hydrogen) atoms. The van der Waals surface area contributed by atoms with E-state index in [9.17, 15) is 13.6 Å². The summed E-state index contributed by atoms with van der Waals surface area (Å²) in [5.41, 5.74) is 2.61. The second-order valence-electron chi connectivity index (χ2n) is 9.18. The molecule has 2 fully saturated rings. The first-order valence-electron chi connectivity index (χ1n) is 11.9. The van der Waals surface area contributed by atoms with Crippen LogP contribution in [-0.4, -0.2) is 67.2 Å². The Bertz CT molecular complexity index is 762. The standard InChI is InChI=1S/C27H34F2N2O/c28-19-25(30-15-11-23(12-16-30)21-7-3-1-4-8-21)27(32)26(20-29)31-17-13-24(14-18-31)22-9-5-2-6-10-22/h1-10,23-26H,11-20H2. The first kappa shape index (κ1) is 23.1. The van der Waals surface area contributed by atoms with E-state index in [0.29, 0.717) is 38.0 Å². The predicted molar refractivity (Wildman–Crippen MR) is 125 cm³/mol. The van der Waals surface area contributed by atoms with Gasteiger partial charge in [0.05, 0.1) is 12.1 Å². The van der Waals surface area contributed by atoms with Crippen molar-refractivity contribution in [2.75, 3.05) is 39.5 Å². The van der Waals surface area contributed by atoms with Crippen molar-refractivity contribution in [2.45, 2.75) is 49.6 Å². The van der Waals surface area contributed by atoms with E-state index in [4.69, 9.17) is 0 Å². The van der Waals surface area contributed by atoms with Crippen molar-refractivity contribution in [1.29, 1.82) is 0 Å². The quantitative estimate of drug-likeness (QED) is 0.578. The zero-order valence-corrected chi connectivity index (χ0v) is 18.7. The summed E-state index contributed by atoms with van der Waals surface area (Å²) in [6, 6.07) is 19.1. The first-order chi connectivity index (χ1) is 15.7. The van der Waals surface area contributed by atoms with Gasteiger partial charge in [-0.2, -0.15) is 0 Å². The highest BCUT2D eigenvalue weighted by atomic mass is 19.1. The number of halogens is 2. The Morgan fingerprint density at radius 1 is 0.688 bits per heavy atom. The summed E-state index contributed by atoms with van der Waals surface area (Å²) in [5.74, 6) is 0.597. The minimum atomic E-state index is -0.834. The van der Waals surface area contributed by atoms with Gasteiger partial charge >= 0.3 is 0 Å². The van der Waals surface area contributed by atoms with E-state index in [1.807, 2.05) is 46.2 Å². The molecule has 0 N–H and O–H groups in total. The van der Waals surface area contributed by atoms with Crippen LogP contribution in [-0.2, 0) is 4.79 Å². The molecule has 2 aromatic rings. The van der Waals surface area contributed by atoms with Gasteiger partial charge in [-0.1, -0.05) is 60.7 Å². The lowest BCUT2D eigenvalue weighted by Gasteiger charge is -2.40. The summed E-state index contributed by atoms with van der Waals surface area (Å²) in [6.07, 6.45) is 3.60. The van der Waals surface area contributed by atoms with Crippen LogP contribution in [0.4, 0.5) is 8.78 Å². The van der Waals surface area contributed by atoms with E-state index in [2.05, 4.69) is 24.3 Å². The highest BCUT2D eigenvalue weighted by Crippen LogP contribution is 2.31. The Morgan fingerprint density at radius 2 is 1.03 bits per heavy atom. The van der Waals surface area contributed by atoms with E-state index >= 15 is 0 Å². The van der Waals surface area contributed by atoms with Crippen molar-refractivity contribution in [2.24, 2.45) is 0 Å². The van der Waals surface area contributed by atoms with Crippen LogP contribution in [0.1, 0.15) is 48.6 Å². The smallest absolute Gasteiger partial charge is 0.172 e. The number of carbonyl (C=O) groups is 1. The monoisotopic (exact) mass is 440 g/mol. The Kier molecular flexibility index (Phi) is 8.04. The fourth-order valence-corrected chi connectivity index (χ4v) is 5.47. The summed E-state index contributed by atoms with van der Waals surface area (Å²) in [5, 5.41) is 0. The van der Waals surface area contributed by atoms with Gasteiger partial charge in [0, 0.05) is 0 Å². The SMILES string of the molecule is O=C(C(CF)N1CCC(c2ccccc2)CC1)C(CF)N1CCC(c2ccccc2)CC1. The molecule has 2 unspecified atom stereocenters. The highest BCUT2D eigenvalue weighted by Gasteiger charge is 2.38. The van der Waals surface area contributed by atoms with Gasteiger partial charge in [-0.25, -0.2) is 8.78 Å². The predicted octanol–water partition coefficient (Wildman–Crippen LogP) is 4.99. The van der Waals surface area contributed by atoms with Crippen molar-refractivity contribution in [3.05, 3.63) is 71.8 Å². The van der Waals surface area contributed by atoms with Gasteiger partial charge in [-0.05, 0) is 74.8 Å². The number of Topliss-reactive ketones (excluding diaryl/α,β-unsaturated/α-hetero) is 1. The summed E-state index contributed by atoms with van der Waals surface area (Å²) in [7, 11) is 0. The van der Waals surface area contributed by atoms with Gasteiger partial charge < -0.3 is 0 Å². The molecule has 0 aliphatic carbocycles. The molecule has 2 aliphatic rings. The molecule has 4 rings (SSSR count). The molecule has 0 aromatic heterocycles.